The molecule has 138 valence electrons. The monoisotopic (exact) mass is 358 g/mol. The first-order valence-corrected chi connectivity index (χ1v) is 9.18. The molecule has 3 heterocycles. The molecule has 2 fully saturated rings. The molecule has 0 aliphatic carbocycles. The number of carbonyl (C=O) groups is 2. The van der Waals surface area contributed by atoms with Crippen LogP contribution < -0.4 is 5.43 Å². The Hall–Kier alpha value is -2.41. The second kappa shape index (κ2) is 7.07. The predicted octanol–water partition coefficient (Wildman–Crippen LogP) is 1.77. The summed E-state index contributed by atoms with van der Waals surface area (Å²) in [5, 5.41) is 1.81. The van der Waals surface area contributed by atoms with Crippen LogP contribution >= 0.6 is 0 Å². The molecule has 6 nitrogen and oxygen atoms in total. The molecule has 1 aromatic carbocycles. The highest BCUT2D eigenvalue weighted by Crippen LogP contribution is 2.30. The number of amides is 2. The van der Waals surface area contributed by atoms with Crippen LogP contribution in [0.5, 0.6) is 0 Å². The number of nitrogens with one attached hydrogen (secondary N) is 1. The van der Waals surface area contributed by atoms with Crippen molar-refractivity contribution in [2.75, 3.05) is 19.6 Å². The topological polar surface area (TPSA) is 55.9 Å². The van der Waals surface area contributed by atoms with Crippen molar-refractivity contribution in [3.63, 3.8) is 0 Å². The molecule has 2 saturated heterocycles. The number of rotatable bonds is 4. The molecule has 7 heteroatoms. The second-order valence-electron chi connectivity index (χ2n) is 7.06. The summed E-state index contributed by atoms with van der Waals surface area (Å²) in [5.74, 6) is -0.145. The van der Waals surface area contributed by atoms with Gasteiger partial charge in [0, 0.05) is 38.5 Å². The molecule has 0 bridgehead atoms. The quantitative estimate of drug-likeness (QED) is 0.891. The number of hydrogen-bond donors (Lipinski definition) is 1. The Morgan fingerprint density at radius 1 is 1.15 bits per heavy atom. The first kappa shape index (κ1) is 17.0. The van der Waals surface area contributed by atoms with Crippen molar-refractivity contribution in [2.45, 2.75) is 37.8 Å². The summed E-state index contributed by atoms with van der Waals surface area (Å²) in [7, 11) is 0. The van der Waals surface area contributed by atoms with Gasteiger partial charge in [-0.25, -0.2) is 9.82 Å². The number of fused-ring (bicyclic) bond motifs is 1. The van der Waals surface area contributed by atoms with Crippen LogP contribution in [0.2, 0.25) is 0 Å². The van der Waals surface area contributed by atoms with Crippen LogP contribution in [0.3, 0.4) is 0 Å². The molecule has 2 unspecified atom stereocenters. The number of hydrazine groups is 1. The zero-order valence-electron chi connectivity index (χ0n) is 14.6. The van der Waals surface area contributed by atoms with Crippen LogP contribution in [0.1, 0.15) is 37.3 Å². The fourth-order valence-electron chi connectivity index (χ4n) is 3.87. The molecule has 0 radical (unpaired) electrons. The van der Waals surface area contributed by atoms with Gasteiger partial charge in [-0.15, -0.1) is 0 Å². The van der Waals surface area contributed by atoms with Gasteiger partial charge in [-0.2, -0.15) is 0 Å². The van der Waals surface area contributed by atoms with Crippen LogP contribution in [0, 0.1) is 5.82 Å². The maximum absolute atomic E-state index is 13.1. The summed E-state index contributed by atoms with van der Waals surface area (Å²) in [6, 6.07) is 6.03. The maximum Gasteiger partial charge on any atom is 0.250 e. The van der Waals surface area contributed by atoms with Crippen molar-refractivity contribution in [3.8, 4) is 0 Å². The summed E-state index contributed by atoms with van der Waals surface area (Å²) in [5.41, 5.74) is 4.25. The van der Waals surface area contributed by atoms with Gasteiger partial charge in [-0.3, -0.25) is 9.59 Å². The molecule has 3 aliphatic heterocycles. The third-order valence-electron chi connectivity index (χ3n) is 5.37. The van der Waals surface area contributed by atoms with Gasteiger partial charge in [0.15, 0.2) is 0 Å². The number of hydrogen-bond acceptors (Lipinski definition) is 4. The van der Waals surface area contributed by atoms with E-state index in [0.29, 0.717) is 19.4 Å². The fourth-order valence-corrected chi connectivity index (χ4v) is 3.87. The van der Waals surface area contributed by atoms with E-state index >= 15 is 0 Å². The van der Waals surface area contributed by atoms with Crippen molar-refractivity contribution in [1.29, 1.82) is 0 Å². The van der Waals surface area contributed by atoms with E-state index in [4.69, 9.17) is 0 Å². The summed E-state index contributed by atoms with van der Waals surface area (Å²) in [6.45, 7) is 2.08. The van der Waals surface area contributed by atoms with E-state index in [-0.39, 0.29) is 29.7 Å². The molecule has 1 N–H and O–H groups in total. The Balaban J connectivity index is 1.36. The van der Waals surface area contributed by atoms with Gasteiger partial charge < -0.3 is 14.8 Å². The van der Waals surface area contributed by atoms with Crippen molar-refractivity contribution < 1.29 is 14.0 Å². The van der Waals surface area contributed by atoms with Gasteiger partial charge >= 0.3 is 0 Å². The Labute approximate surface area is 152 Å². The zero-order valence-corrected chi connectivity index (χ0v) is 14.6. The summed E-state index contributed by atoms with van der Waals surface area (Å²) in [6.07, 6.45) is 6.69. The van der Waals surface area contributed by atoms with Gasteiger partial charge in [0.25, 0.3) is 5.91 Å². The number of benzene rings is 1. The van der Waals surface area contributed by atoms with Crippen molar-refractivity contribution in [1.82, 2.24) is 20.2 Å². The Morgan fingerprint density at radius 2 is 1.88 bits per heavy atom. The molecular formula is C19H23FN4O2. The normalized spacial score (nSPS) is 25.1. The SMILES string of the molecule is O=C1C2CC(c3ccc(F)cc3)NN2C=CN1CCC(=O)N1CCCC1. The van der Waals surface area contributed by atoms with Crippen molar-refractivity contribution in [3.05, 3.63) is 48.0 Å². The molecule has 2 amide bonds. The molecule has 4 rings (SSSR count). The van der Waals surface area contributed by atoms with E-state index < -0.39 is 0 Å². The molecule has 0 saturated carbocycles. The van der Waals surface area contributed by atoms with Crippen LogP contribution in [-0.2, 0) is 9.59 Å². The second-order valence-corrected chi connectivity index (χ2v) is 7.06. The summed E-state index contributed by atoms with van der Waals surface area (Å²) >= 11 is 0. The number of likely N-dealkylation sites (tertiary alicyclic amines) is 1. The third-order valence-corrected chi connectivity index (χ3v) is 5.37. The van der Waals surface area contributed by atoms with Crippen LogP contribution in [0.15, 0.2) is 36.7 Å². The number of carbonyl (C=O) groups excluding carboxylic acids is 2. The lowest BCUT2D eigenvalue weighted by molar-refractivity contribution is -0.135. The number of halogens is 1. The van der Waals surface area contributed by atoms with Crippen LogP contribution in [0.25, 0.3) is 0 Å². The van der Waals surface area contributed by atoms with Gasteiger partial charge in [0.2, 0.25) is 5.91 Å². The molecular weight excluding hydrogens is 335 g/mol. The Bertz CT molecular complexity index is 715. The van der Waals surface area contributed by atoms with Gasteiger partial charge in [-0.1, -0.05) is 12.1 Å². The van der Waals surface area contributed by atoms with E-state index in [1.165, 1.54) is 12.1 Å². The minimum atomic E-state index is -0.294. The van der Waals surface area contributed by atoms with E-state index in [2.05, 4.69) is 5.43 Å². The third kappa shape index (κ3) is 3.31. The lowest BCUT2D eigenvalue weighted by atomic mass is 10.0. The largest absolute Gasteiger partial charge is 0.343 e. The van der Waals surface area contributed by atoms with E-state index in [1.807, 2.05) is 16.1 Å². The van der Waals surface area contributed by atoms with Gasteiger partial charge in [0.05, 0.1) is 6.04 Å². The fraction of sp³-hybridized carbons (Fsp3) is 0.474. The van der Waals surface area contributed by atoms with E-state index in [1.54, 1.807) is 23.2 Å². The first-order chi connectivity index (χ1) is 12.6. The Kier molecular flexibility index (Phi) is 4.63. The standard InChI is InChI=1S/C19H23FN4O2/c20-15-5-3-14(4-6-15)16-13-17-19(26)23(11-12-24(17)21-16)10-7-18(25)22-8-1-2-9-22/h3-6,11-12,16-17,21H,1-2,7-10,13H2. The van der Waals surface area contributed by atoms with E-state index in [9.17, 15) is 14.0 Å². The smallest absolute Gasteiger partial charge is 0.250 e. The Morgan fingerprint density at radius 3 is 2.62 bits per heavy atom. The summed E-state index contributed by atoms with van der Waals surface area (Å²) in [4.78, 5) is 28.5. The minimum Gasteiger partial charge on any atom is -0.343 e. The lowest BCUT2D eigenvalue weighted by Gasteiger charge is -2.32. The highest BCUT2D eigenvalue weighted by molar-refractivity contribution is 5.85. The number of nitrogens with zero attached hydrogens (tertiary/aromatic N) is 3. The lowest BCUT2D eigenvalue weighted by Crippen LogP contribution is -2.48. The van der Waals surface area contributed by atoms with Crippen LogP contribution in [-0.4, -0.2) is 52.3 Å². The average Bonchev–Trinajstić information content (AvgIpc) is 3.32. The van der Waals surface area contributed by atoms with Crippen LogP contribution in [0.4, 0.5) is 4.39 Å². The van der Waals surface area contributed by atoms with Crippen molar-refractivity contribution >= 4 is 11.8 Å². The molecule has 1 aromatic rings. The van der Waals surface area contributed by atoms with Gasteiger partial charge in [-0.05, 0) is 37.0 Å². The molecule has 3 aliphatic rings. The average molecular weight is 358 g/mol. The van der Waals surface area contributed by atoms with Gasteiger partial charge in [0.1, 0.15) is 11.9 Å². The molecule has 0 aromatic heterocycles. The predicted molar refractivity (Wildman–Crippen MR) is 93.8 cm³/mol. The highest BCUT2D eigenvalue weighted by atomic mass is 19.1. The zero-order chi connectivity index (χ0) is 18.1. The molecule has 0 spiro atoms. The first-order valence-electron chi connectivity index (χ1n) is 9.18. The highest BCUT2D eigenvalue weighted by Gasteiger charge is 2.40. The van der Waals surface area contributed by atoms with E-state index in [0.717, 1.165) is 31.5 Å². The minimum absolute atomic E-state index is 0.00108. The molecule has 2 atom stereocenters. The maximum atomic E-state index is 13.1. The van der Waals surface area contributed by atoms with Crippen molar-refractivity contribution in [2.24, 2.45) is 0 Å². The molecule has 26 heavy (non-hydrogen) atoms. The summed E-state index contributed by atoms with van der Waals surface area (Å²) < 4.78 is 13.1.